The SMILES string of the molecule is FC(F)(F)c1ccc(CNCc2ccc(C(F)(F)F)nc2)cc1. The Hall–Kier alpha value is -2.09. The lowest BCUT2D eigenvalue weighted by molar-refractivity contribution is -0.141. The van der Waals surface area contributed by atoms with Crippen LogP contribution in [0, 0.1) is 0 Å². The first kappa shape index (κ1) is 17.3. The zero-order valence-electron chi connectivity index (χ0n) is 11.7. The molecule has 0 aliphatic carbocycles. The van der Waals surface area contributed by atoms with Gasteiger partial charge >= 0.3 is 12.4 Å². The standard InChI is InChI=1S/C15H12F6N2/c16-14(17,18)12-4-1-10(2-5-12)7-22-8-11-3-6-13(23-9-11)15(19,20)21/h1-6,9,22H,7-8H2. The minimum Gasteiger partial charge on any atom is -0.309 e. The van der Waals surface area contributed by atoms with E-state index in [-0.39, 0.29) is 6.54 Å². The maximum atomic E-state index is 12.4. The average Bonchev–Trinajstić information content (AvgIpc) is 2.46. The molecule has 0 saturated heterocycles. The fraction of sp³-hybridized carbons (Fsp3) is 0.267. The van der Waals surface area contributed by atoms with Gasteiger partial charge in [0.05, 0.1) is 5.56 Å². The van der Waals surface area contributed by atoms with Crippen LogP contribution in [0.5, 0.6) is 0 Å². The van der Waals surface area contributed by atoms with Crippen molar-refractivity contribution >= 4 is 0 Å². The Bertz CT molecular complexity index is 572. The van der Waals surface area contributed by atoms with E-state index in [2.05, 4.69) is 10.3 Å². The van der Waals surface area contributed by atoms with Crippen molar-refractivity contribution in [1.29, 1.82) is 0 Å². The topological polar surface area (TPSA) is 24.9 Å². The summed E-state index contributed by atoms with van der Waals surface area (Å²) in [5.41, 5.74) is -0.514. The van der Waals surface area contributed by atoms with E-state index in [1.165, 1.54) is 18.2 Å². The van der Waals surface area contributed by atoms with Crippen LogP contribution in [-0.2, 0) is 25.4 Å². The third kappa shape index (κ3) is 4.95. The molecule has 2 aromatic rings. The second-order valence-corrected chi connectivity index (χ2v) is 4.85. The molecule has 0 radical (unpaired) electrons. The van der Waals surface area contributed by atoms with Gasteiger partial charge in [0.2, 0.25) is 0 Å². The number of hydrogen-bond acceptors (Lipinski definition) is 2. The van der Waals surface area contributed by atoms with Gasteiger partial charge in [0.25, 0.3) is 0 Å². The summed E-state index contributed by atoms with van der Waals surface area (Å²) in [4.78, 5) is 3.32. The van der Waals surface area contributed by atoms with Gasteiger partial charge in [-0.1, -0.05) is 18.2 Å². The first-order valence-electron chi connectivity index (χ1n) is 6.55. The molecule has 1 N–H and O–H groups in total. The molecule has 0 fully saturated rings. The molecule has 0 aliphatic heterocycles. The Morgan fingerprint density at radius 1 is 0.739 bits per heavy atom. The summed E-state index contributed by atoms with van der Waals surface area (Å²) < 4.78 is 74.3. The van der Waals surface area contributed by atoms with Crippen molar-refractivity contribution in [3.05, 3.63) is 65.0 Å². The Morgan fingerprint density at radius 2 is 1.30 bits per heavy atom. The molecule has 1 heterocycles. The number of aromatic nitrogens is 1. The van der Waals surface area contributed by atoms with Gasteiger partial charge in [0.1, 0.15) is 5.69 Å². The van der Waals surface area contributed by atoms with Gasteiger partial charge in [-0.25, -0.2) is 0 Å². The van der Waals surface area contributed by atoms with Crippen molar-refractivity contribution in [3.63, 3.8) is 0 Å². The number of hydrogen-bond donors (Lipinski definition) is 1. The molecule has 2 nitrogen and oxygen atoms in total. The van der Waals surface area contributed by atoms with Crippen LogP contribution in [-0.4, -0.2) is 4.98 Å². The number of nitrogens with zero attached hydrogens (tertiary/aromatic N) is 1. The average molecular weight is 334 g/mol. The molecule has 1 aromatic carbocycles. The molecule has 0 saturated carbocycles. The van der Waals surface area contributed by atoms with Gasteiger partial charge in [0, 0.05) is 19.3 Å². The Morgan fingerprint density at radius 3 is 1.78 bits per heavy atom. The van der Waals surface area contributed by atoms with Crippen molar-refractivity contribution in [3.8, 4) is 0 Å². The number of halogens is 6. The largest absolute Gasteiger partial charge is 0.433 e. The van der Waals surface area contributed by atoms with Crippen molar-refractivity contribution in [2.75, 3.05) is 0 Å². The smallest absolute Gasteiger partial charge is 0.309 e. The molecule has 8 heteroatoms. The number of benzene rings is 1. The van der Waals surface area contributed by atoms with Gasteiger partial charge in [-0.2, -0.15) is 26.3 Å². The highest BCUT2D eigenvalue weighted by molar-refractivity contribution is 5.24. The van der Waals surface area contributed by atoms with Crippen LogP contribution in [0.1, 0.15) is 22.4 Å². The second-order valence-electron chi connectivity index (χ2n) is 4.85. The van der Waals surface area contributed by atoms with E-state index in [0.717, 1.165) is 24.4 Å². The fourth-order valence-corrected chi connectivity index (χ4v) is 1.86. The highest BCUT2D eigenvalue weighted by Gasteiger charge is 2.32. The summed E-state index contributed by atoms with van der Waals surface area (Å²) in [6.07, 6.45) is -7.74. The quantitative estimate of drug-likeness (QED) is 0.838. The Labute approximate surface area is 128 Å². The normalized spacial score (nSPS) is 12.4. The summed E-state index contributed by atoms with van der Waals surface area (Å²) >= 11 is 0. The van der Waals surface area contributed by atoms with Crippen LogP contribution in [0.2, 0.25) is 0 Å². The van der Waals surface area contributed by atoms with Crippen molar-refractivity contribution < 1.29 is 26.3 Å². The lowest BCUT2D eigenvalue weighted by Crippen LogP contribution is -2.14. The Kier molecular flexibility index (Phi) is 4.93. The van der Waals surface area contributed by atoms with Crippen LogP contribution in [0.4, 0.5) is 26.3 Å². The second kappa shape index (κ2) is 6.57. The minimum absolute atomic E-state index is 0.256. The molecule has 0 unspecified atom stereocenters. The van der Waals surface area contributed by atoms with E-state index >= 15 is 0 Å². The monoisotopic (exact) mass is 334 g/mol. The van der Waals surface area contributed by atoms with E-state index in [1.807, 2.05) is 0 Å². The number of pyridine rings is 1. The minimum atomic E-state index is -4.48. The fourth-order valence-electron chi connectivity index (χ4n) is 1.86. The highest BCUT2D eigenvalue weighted by Crippen LogP contribution is 2.29. The van der Waals surface area contributed by atoms with Gasteiger partial charge in [-0.15, -0.1) is 0 Å². The van der Waals surface area contributed by atoms with E-state index in [0.29, 0.717) is 17.7 Å². The van der Waals surface area contributed by atoms with Gasteiger partial charge in [-0.3, -0.25) is 4.98 Å². The predicted octanol–water partition coefficient (Wildman–Crippen LogP) is 4.41. The van der Waals surface area contributed by atoms with Crippen molar-refractivity contribution in [2.24, 2.45) is 0 Å². The molecule has 2 rings (SSSR count). The van der Waals surface area contributed by atoms with Crippen LogP contribution in [0.15, 0.2) is 42.6 Å². The summed E-state index contributed by atoms with van der Waals surface area (Å²) in [6.45, 7) is 0.547. The van der Waals surface area contributed by atoms with Gasteiger partial charge < -0.3 is 5.32 Å². The molecule has 0 atom stereocenters. The molecule has 0 spiro atoms. The maximum absolute atomic E-state index is 12.4. The van der Waals surface area contributed by atoms with E-state index in [4.69, 9.17) is 0 Å². The van der Waals surface area contributed by atoms with Crippen LogP contribution in [0.3, 0.4) is 0 Å². The third-order valence-electron chi connectivity index (χ3n) is 3.05. The Balaban J connectivity index is 1.87. The molecule has 0 aliphatic rings. The lowest BCUT2D eigenvalue weighted by Gasteiger charge is -2.09. The van der Waals surface area contributed by atoms with Gasteiger partial charge in [0.15, 0.2) is 0 Å². The number of nitrogens with one attached hydrogen (secondary N) is 1. The zero-order valence-corrected chi connectivity index (χ0v) is 11.7. The molecule has 0 bridgehead atoms. The van der Waals surface area contributed by atoms with Crippen LogP contribution in [0.25, 0.3) is 0 Å². The summed E-state index contributed by atoms with van der Waals surface area (Å²) in [7, 11) is 0. The molecule has 124 valence electrons. The van der Waals surface area contributed by atoms with Crippen molar-refractivity contribution in [1.82, 2.24) is 10.3 Å². The van der Waals surface area contributed by atoms with E-state index in [1.54, 1.807) is 0 Å². The molecule has 0 amide bonds. The predicted molar refractivity (Wildman–Crippen MR) is 71.2 cm³/mol. The number of alkyl halides is 6. The summed E-state index contributed by atoms with van der Waals surface area (Å²) in [6, 6.07) is 6.85. The van der Waals surface area contributed by atoms with Crippen LogP contribution < -0.4 is 5.32 Å². The molecule has 1 aromatic heterocycles. The highest BCUT2D eigenvalue weighted by atomic mass is 19.4. The summed E-state index contributed by atoms with van der Waals surface area (Å²) in [5.74, 6) is 0. The van der Waals surface area contributed by atoms with Gasteiger partial charge in [-0.05, 0) is 29.3 Å². The van der Waals surface area contributed by atoms with Crippen molar-refractivity contribution in [2.45, 2.75) is 25.4 Å². The van der Waals surface area contributed by atoms with E-state index < -0.39 is 23.6 Å². The third-order valence-corrected chi connectivity index (χ3v) is 3.05. The lowest BCUT2D eigenvalue weighted by atomic mass is 10.1. The van der Waals surface area contributed by atoms with E-state index in [9.17, 15) is 26.3 Å². The summed E-state index contributed by atoms with van der Waals surface area (Å²) in [5, 5.41) is 2.93. The molecular weight excluding hydrogens is 322 g/mol. The maximum Gasteiger partial charge on any atom is 0.433 e. The zero-order chi connectivity index (χ0) is 17.1. The molecule has 23 heavy (non-hydrogen) atoms. The first-order valence-corrected chi connectivity index (χ1v) is 6.55. The van der Waals surface area contributed by atoms with Crippen LogP contribution >= 0.6 is 0 Å². The number of rotatable bonds is 4. The molecular formula is C15H12F6N2. The first-order chi connectivity index (χ1) is 10.7.